The number of nitrogens with one attached hydrogen (secondary N) is 2. The molecule has 0 fully saturated rings. The van der Waals surface area contributed by atoms with Gasteiger partial charge in [-0.05, 0) is 31.2 Å². The number of methoxy groups -OCH3 is 1. The van der Waals surface area contributed by atoms with E-state index in [4.69, 9.17) is 4.74 Å². The average Bonchev–Trinajstić information content (AvgIpc) is 3.00. The standard InChI is InChI=1S/C15H18N4O2S2/c1-4-9-16-13(20)10(2)22-15-19-18-14(23-15)17-11-5-7-12(21-3)8-6-11/h4-8,10H,1,9H2,2-3H3,(H,16,20)(H,17,18)/t10-/m1/s1. The average molecular weight is 350 g/mol. The Hall–Kier alpha value is -2.06. The Bertz CT molecular complexity index is 658. The van der Waals surface area contributed by atoms with Crippen LogP contribution in [0.3, 0.4) is 0 Å². The Labute approximate surface area is 143 Å². The van der Waals surface area contributed by atoms with Crippen LogP contribution in [0.5, 0.6) is 5.75 Å². The van der Waals surface area contributed by atoms with Gasteiger partial charge in [-0.1, -0.05) is 29.2 Å². The van der Waals surface area contributed by atoms with Crippen LogP contribution in [0.15, 0.2) is 41.3 Å². The molecule has 0 bridgehead atoms. The van der Waals surface area contributed by atoms with Crippen molar-refractivity contribution in [2.75, 3.05) is 19.0 Å². The maximum absolute atomic E-state index is 11.8. The second-order valence-electron chi connectivity index (χ2n) is 4.52. The first-order valence-corrected chi connectivity index (χ1v) is 8.62. The minimum absolute atomic E-state index is 0.0465. The number of hydrogen-bond acceptors (Lipinski definition) is 7. The van der Waals surface area contributed by atoms with Crippen LogP contribution in [0.1, 0.15) is 6.92 Å². The summed E-state index contributed by atoms with van der Waals surface area (Å²) in [6.07, 6.45) is 1.65. The lowest BCUT2D eigenvalue weighted by molar-refractivity contribution is -0.120. The molecule has 0 radical (unpaired) electrons. The van der Waals surface area contributed by atoms with Crippen LogP contribution in [0.2, 0.25) is 0 Å². The molecule has 0 aliphatic heterocycles. The van der Waals surface area contributed by atoms with Gasteiger partial charge in [0.1, 0.15) is 5.75 Å². The molecule has 1 aromatic heterocycles. The third-order valence-corrected chi connectivity index (χ3v) is 4.84. The number of aromatic nitrogens is 2. The van der Waals surface area contributed by atoms with E-state index < -0.39 is 0 Å². The van der Waals surface area contributed by atoms with Crippen molar-refractivity contribution < 1.29 is 9.53 Å². The fourth-order valence-electron chi connectivity index (χ4n) is 1.63. The van der Waals surface area contributed by atoms with Crippen molar-refractivity contribution in [3.05, 3.63) is 36.9 Å². The van der Waals surface area contributed by atoms with Crippen LogP contribution in [0.4, 0.5) is 10.8 Å². The van der Waals surface area contributed by atoms with Crippen LogP contribution in [0.25, 0.3) is 0 Å². The molecule has 2 N–H and O–H groups in total. The minimum atomic E-state index is -0.239. The van der Waals surface area contributed by atoms with Crippen LogP contribution >= 0.6 is 23.1 Å². The SMILES string of the molecule is C=CCNC(=O)[C@@H](C)Sc1nnc(Nc2ccc(OC)cc2)s1. The zero-order valence-corrected chi connectivity index (χ0v) is 14.5. The molecule has 1 atom stereocenters. The first-order valence-electron chi connectivity index (χ1n) is 6.92. The highest BCUT2D eigenvalue weighted by Crippen LogP contribution is 2.30. The summed E-state index contributed by atoms with van der Waals surface area (Å²) in [5.41, 5.74) is 0.898. The van der Waals surface area contributed by atoms with Gasteiger partial charge in [0.2, 0.25) is 11.0 Å². The topological polar surface area (TPSA) is 76.1 Å². The first-order chi connectivity index (χ1) is 11.1. The molecule has 8 heteroatoms. The monoisotopic (exact) mass is 350 g/mol. The van der Waals surface area contributed by atoms with Gasteiger partial charge >= 0.3 is 0 Å². The minimum Gasteiger partial charge on any atom is -0.497 e. The van der Waals surface area contributed by atoms with Gasteiger partial charge < -0.3 is 15.4 Å². The number of ether oxygens (including phenoxy) is 1. The lowest BCUT2D eigenvalue weighted by Gasteiger charge is -2.08. The Morgan fingerprint density at radius 2 is 2.17 bits per heavy atom. The number of anilines is 2. The predicted octanol–water partition coefficient (Wildman–Crippen LogP) is 3.07. The molecule has 0 unspecified atom stereocenters. The number of benzene rings is 1. The van der Waals surface area contributed by atoms with Crippen LogP contribution < -0.4 is 15.4 Å². The van der Waals surface area contributed by atoms with Crippen molar-refractivity contribution in [3.8, 4) is 5.75 Å². The lowest BCUT2D eigenvalue weighted by atomic mass is 10.3. The van der Waals surface area contributed by atoms with E-state index >= 15 is 0 Å². The number of amides is 1. The van der Waals surface area contributed by atoms with Gasteiger partial charge in [0.25, 0.3) is 0 Å². The van der Waals surface area contributed by atoms with Gasteiger partial charge in [-0.25, -0.2) is 0 Å². The van der Waals surface area contributed by atoms with Crippen molar-refractivity contribution in [1.82, 2.24) is 15.5 Å². The van der Waals surface area contributed by atoms with Crippen molar-refractivity contribution in [1.29, 1.82) is 0 Å². The zero-order chi connectivity index (χ0) is 16.7. The Morgan fingerprint density at radius 1 is 1.43 bits per heavy atom. The quantitative estimate of drug-likeness (QED) is 0.563. The highest BCUT2D eigenvalue weighted by Gasteiger charge is 2.16. The fraction of sp³-hybridized carbons (Fsp3) is 0.267. The second kappa shape index (κ2) is 8.54. The summed E-state index contributed by atoms with van der Waals surface area (Å²) < 4.78 is 5.86. The van der Waals surface area contributed by atoms with Crippen molar-refractivity contribution in [3.63, 3.8) is 0 Å². The van der Waals surface area contributed by atoms with E-state index in [9.17, 15) is 4.79 Å². The summed E-state index contributed by atoms with van der Waals surface area (Å²) >= 11 is 2.78. The van der Waals surface area contributed by atoms with Gasteiger partial charge in [0, 0.05) is 12.2 Å². The van der Waals surface area contributed by atoms with Crippen LogP contribution in [0, 0.1) is 0 Å². The van der Waals surface area contributed by atoms with Crippen molar-refractivity contribution in [2.45, 2.75) is 16.5 Å². The molecule has 0 aliphatic rings. The third-order valence-electron chi connectivity index (χ3n) is 2.82. The molecule has 0 saturated carbocycles. The molecule has 23 heavy (non-hydrogen) atoms. The van der Waals surface area contributed by atoms with Gasteiger partial charge in [-0.15, -0.1) is 16.8 Å². The molecule has 2 rings (SSSR count). The second-order valence-corrected chi connectivity index (χ2v) is 7.09. The van der Waals surface area contributed by atoms with Gasteiger partial charge in [-0.3, -0.25) is 4.79 Å². The molecule has 0 aliphatic carbocycles. The normalized spacial score (nSPS) is 11.6. The van der Waals surface area contributed by atoms with E-state index in [-0.39, 0.29) is 11.2 Å². The summed E-state index contributed by atoms with van der Waals surface area (Å²) in [7, 11) is 1.63. The molecule has 2 aromatic rings. The van der Waals surface area contributed by atoms with E-state index in [0.29, 0.717) is 11.7 Å². The van der Waals surface area contributed by atoms with E-state index in [2.05, 4.69) is 27.4 Å². The van der Waals surface area contributed by atoms with Crippen molar-refractivity contribution in [2.24, 2.45) is 0 Å². The van der Waals surface area contributed by atoms with Crippen molar-refractivity contribution >= 4 is 39.8 Å². The molecular weight excluding hydrogens is 332 g/mol. The first kappa shape index (κ1) is 17.3. The van der Waals surface area contributed by atoms with E-state index in [1.165, 1.54) is 23.1 Å². The van der Waals surface area contributed by atoms with Gasteiger partial charge in [0.15, 0.2) is 4.34 Å². The maximum atomic E-state index is 11.8. The third kappa shape index (κ3) is 5.26. The molecule has 0 spiro atoms. The number of nitrogens with zero attached hydrogens (tertiary/aromatic N) is 2. The zero-order valence-electron chi connectivity index (χ0n) is 12.9. The Kier molecular flexibility index (Phi) is 6.42. The number of rotatable bonds is 8. The highest BCUT2D eigenvalue weighted by molar-refractivity contribution is 8.02. The molecule has 1 aromatic carbocycles. The number of carbonyl (C=O) groups excluding carboxylic acids is 1. The summed E-state index contributed by atoms with van der Waals surface area (Å²) in [4.78, 5) is 11.8. The largest absolute Gasteiger partial charge is 0.497 e. The summed E-state index contributed by atoms with van der Waals surface area (Å²) in [5, 5.41) is 14.6. The number of carbonyl (C=O) groups is 1. The van der Waals surface area contributed by atoms with E-state index in [0.717, 1.165) is 15.8 Å². The number of hydrogen-bond donors (Lipinski definition) is 2. The molecule has 1 amide bonds. The molecule has 6 nitrogen and oxygen atoms in total. The molecular formula is C15H18N4O2S2. The number of thioether (sulfide) groups is 1. The highest BCUT2D eigenvalue weighted by atomic mass is 32.2. The molecule has 0 saturated heterocycles. The lowest BCUT2D eigenvalue weighted by Crippen LogP contribution is -2.30. The van der Waals surface area contributed by atoms with Gasteiger partial charge in [-0.2, -0.15) is 0 Å². The molecule has 122 valence electrons. The summed E-state index contributed by atoms with van der Waals surface area (Å²) in [6, 6.07) is 7.53. The Morgan fingerprint density at radius 3 is 2.83 bits per heavy atom. The predicted molar refractivity (Wildman–Crippen MR) is 94.7 cm³/mol. The maximum Gasteiger partial charge on any atom is 0.233 e. The van der Waals surface area contributed by atoms with E-state index in [1.807, 2.05) is 31.2 Å². The summed E-state index contributed by atoms with van der Waals surface area (Å²) in [5.74, 6) is 0.748. The van der Waals surface area contributed by atoms with Crippen LogP contribution in [-0.4, -0.2) is 35.0 Å². The van der Waals surface area contributed by atoms with Gasteiger partial charge in [0.05, 0.1) is 12.4 Å². The van der Waals surface area contributed by atoms with E-state index in [1.54, 1.807) is 13.2 Å². The summed E-state index contributed by atoms with van der Waals surface area (Å²) in [6.45, 7) is 5.87. The molecule has 1 heterocycles. The van der Waals surface area contributed by atoms with Crippen LogP contribution in [-0.2, 0) is 4.79 Å². The fourth-order valence-corrected chi connectivity index (χ4v) is 3.57. The smallest absolute Gasteiger partial charge is 0.233 e. The Balaban J connectivity index is 1.91.